The maximum absolute atomic E-state index is 14.1. The Bertz CT molecular complexity index is 5180. The zero-order chi connectivity index (χ0) is 91.8. The fraction of sp³-hybridized carbons (Fsp3) is 0.552. The van der Waals surface area contributed by atoms with E-state index in [-0.39, 0.29) is 145 Å². The Morgan fingerprint density at radius 1 is 0.677 bits per heavy atom. The molecule has 2 fully saturated rings. The molecular weight excluding hydrogens is 1830 g/mol. The number of benzene rings is 4. The molecule has 698 valence electrons. The molecule has 1 atom stereocenters. The number of aliphatic carboxylic acids is 1. The first-order valence-corrected chi connectivity index (χ1v) is 49.7. The molecule has 2 saturated heterocycles. The maximum Gasteiger partial charge on any atom is 1.00 e. The second kappa shape index (κ2) is 58.5. The van der Waals surface area contributed by atoms with Crippen LogP contribution in [0.5, 0.6) is 46.0 Å². The van der Waals surface area contributed by atoms with Gasteiger partial charge in [-0.25, -0.2) is 9.00 Å². The van der Waals surface area contributed by atoms with Gasteiger partial charge in [-0.3, -0.25) is 42.9 Å². The Kier molecular flexibility index (Phi) is 56.9. The quantitative estimate of drug-likeness (QED) is 0.00818. The number of pyridine rings is 4. The summed E-state index contributed by atoms with van der Waals surface area (Å²) in [5.41, 5.74) is 2.81. The van der Waals surface area contributed by atoms with Gasteiger partial charge < -0.3 is 79.6 Å². The van der Waals surface area contributed by atoms with Gasteiger partial charge in [0.25, 0.3) is 22.9 Å². The van der Waals surface area contributed by atoms with E-state index in [2.05, 4.69) is 108 Å². The molecule has 0 radical (unpaired) electrons. The normalized spacial score (nSPS) is 13.2. The minimum absolute atomic E-state index is 0. The number of hydroxylamine groups is 2. The topological polar surface area (TPSA) is 357 Å². The van der Waals surface area contributed by atoms with Crippen molar-refractivity contribution in [1.29, 1.82) is 5.26 Å². The van der Waals surface area contributed by atoms with Gasteiger partial charge in [0.15, 0.2) is 46.0 Å². The number of carbonyl (C=O) groups excluding carboxylic acids is 4. The fourth-order valence-corrected chi connectivity index (χ4v) is 16.4. The van der Waals surface area contributed by atoms with Crippen LogP contribution in [0.3, 0.4) is 0 Å². The van der Waals surface area contributed by atoms with Crippen molar-refractivity contribution in [3.05, 3.63) is 88.6 Å². The van der Waals surface area contributed by atoms with E-state index in [0.29, 0.717) is 128 Å². The number of imide groups is 1. The van der Waals surface area contributed by atoms with Gasteiger partial charge in [0.05, 0.1) is 74.5 Å². The molecule has 40 heteroatoms. The van der Waals surface area contributed by atoms with Gasteiger partial charge in [0.2, 0.25) is 19.5 Å². The molecule has 8 aromatic rings. The second-order valence-corrected chi connectivity index (χ2v) is 44.2. The molecule has 0 spiro atoms. The number of nitrogens with zero attached hydrogens (tertiary/aromatic N) is 7. The van der Waals surface area contributed by atoms with Crippen molar-refractivity contribution >= 4 is 205 Å². The number of hydrogen-bond donors (Lipinski definition) is 3. The summed E-state index contributed by atoms with van der Waals surface area (Å²) in [7, 11) is 15.7. The van der Waals surface area contributed by atoms with Crippen molar-refractivity contribution in [2.45, 2.75) is 207 Å². The van der Waals surface area contributed by atoms with Crippen LogP contribution in [0.4, 0.5) is 0 Å². The molecule has 0 bridgehead atoms. The Morgan fingerprint density at radius 2 is 1.05 bits per heavy atom. The van der Waals surface area contributed by atoms with Crippen LogP contribution >= 0.6 is 67.6 Å². The van der Waals surface area contributed by atoms with Gasteiger partial charge in [-0.2, -0.15) is 36.1 Å². The molecular formula is C87H128LiN8NaO20S10. The van der Waals surface area contributed by atoms with E-state index in [0.717, 1.165) is 63.6 Å². The van der Waals surface area contributed by atoms with E-state index in [1.807, 2.05) is 116 Å². The fourth-order valence-electron chi connectivity index (χ4n) is 11.5. The second-order valence-electron chi connectivity index (χ2n) is 31.6. The summed E-state index contributed by atoms with van der Waals surface area (Å²) >= 11 is 17.9. The van der Waals surface area contributed by atoms with Crippen LogP contribution in [0.1, 0.15) is 175 Å². The molecule has 4 aromatic heterocycles. The Balaban J connectivity index is 0. The molecule has 0 saturated carbocycles. The number of amides is 3. The van der Waals surface area contributed by atoms with Crippen molar-refractivity contribution in [3.63, 3.8) is 0 Å². The number of ether oxygens (including phenoxy) is 8. The average Bonchev–Trinajstić information content (AvgIpc) is 0.887. The molecule has 127 heavy (non-hydrogen) atoms. The van der Waals surface area contributed by atoms with E-state index in [1.54, 1.807) is 117 Å². The van der Waals surface area contributed by atoms with Crippen molar-refractivity contribution in [1.82, 2.24) is 34.4 Å². The van der Waals surface area contributed by atoms with Gasteiger partial charge in [-0.1, -0.05) is 106 Å². The number of thioether (sulfide) groups is 1. The van der Waals surface area contributed by atoms with Crippen molar-refractivity contribution in [3.8, 4) is 52.1 Å². The number of likely N-dealkylation sites (N-methyl/N-ethyl adjacent to an activating group) is 2. The molecule has 28 nitrogen and oxygen atoms in total. The van der Waals surface area contributed by atoms with Crippen LogP contribution in [0.2, 0.25) is 0 Å². The first-order chi connectivity index (χ1) is 57.3. The molecule has 3 amide bonds. The first kappa shape index (κ1) is 124. The smallest absolute Gasteiger partial charge is 0.870 e. The standard InChI is InChI=1S/C29H33N3O6S2.C22H21N3O5.C11H17NO4S2.C7H14O2.C6H11NS.C4H8S.C4H9.C2H6O2S2.2CH4.Li.Na.H2O.S2/c1-29(2,40-39-6)8-7-26(33)31(3)9-10-32-27-19-13-24-25(38-16-37-24)14-21(19)30-15-20(27)17-11-22(35-4)23(36-5)12-18(17)28(32)34;1-23-4-5-25-21-14-8-19-20(30-11-29-19)9-16(14)24-10-15(21)12-6-17(27-2)18(28-3)7-13(12)22(25)26;1-11(2,18-17-3)7-6-10(15)16-12-8(13)4-5-9(12)14;1-7(2,3)5-4-6(8)9;1-6(2,8)4-3-5-7;1-4(2)3-5-4;1-3-4-2;1-4-6(2,3)5;;;;;;1-2/h11-15H,7-10,16H2,1-6H3;6-10,23H,4-5,11H2,1-3H3;4-7H2,1-3H3;4-5H2,1-3H3,(H,8,9);8H,3-4H2,1-2H3;3H2,1-2H3;1,3-4H2,2H3;1-2H3;2*1H4;;;1H2;/q;;;;;;-1;;;;2*+1;;/p-1. The number of thiol groups is 1. The number of nitriles is 1. The Hall–Kier alpha value is -5.53. The number of carboxylic acid groups (broad SMARTS) is 1. The predicted octanol–water partition coefficient (Wildman–Crippen LogP) is 12.4. The summed E-state index contributed by atoms with van der Waals surface area (Å²) in [4.78, 5) is 101. The van der Waals surface area contributed by atoms with Gasteiger partial charge in [-0.15, -0.1) is 5.06 Å². The molecule has 1 unspecified atom stereocenters. The SMILES string of the molecule is C.C.CC(C)(C)CCC(=O)O.CC(C)(S)CCC#N.CC1(C)CS1.CNCCn1c(=O)c2cc(OC)c(OC)cc2c2cnc3cc4c(cc3c21)OCO4.COS(C)(=O)=S.COc1cc2c(=O)n(CCN(C)C(=O)CCC(C)(C)SSC)c3c4cc5c(cc4ncc3c2cc1OC)OCO5.CSSC(C)(C)CCC(=O)ON1C(=O)CCC1=O.S=S.[CH2-]CCC.[Li+].[Na+].[OH-]. The van der Waals surface area contributed by atoms with Crippen LogP contribution in [0.25, 0.3) is 65.2 Å². The number of aromatic nitrogens is 4. The number of carbonyl (C=O) groups is 5. The molecule has 4 aliphatic rings. The zero-order valence-electron chi connectivity index (χ0n) is 76.4. The molecule has 4 aliphatic heterocycles. The van der Waals surface area contributed by atoms with Crippen molar-refractivity contribution in [2.75, 3.05) is 101 Å². The average molecular weight is 1960 g/mol. The number of rotatable bonds is 27. The van der Waals surface area contributed by atoms with Crippen LogP contribution in [-0.2, 0) is 88.4 Å². The summed E-state index contributed by atoms with van der Waals surface area (Å²) in [5.74, 6) is 3.89. The molecule has 12 rings (SSSR count). The monoisotopic (exact) mass is 1950 g/mol. The Morgan fingerprint density at radius 3 is 1.35 bits per heavy atom. The summed E-state index contributed by atoms with van der Waals surface area (Å²) in [6, 6.07) is 16.6. The summed E-state index contributed by atoms with van der Waals surface area (Å²) in [6.07, 6.45) is 16.0. The van der Waals surface area contributed by atoms with E-state index in [4.69, 9.17) is 58.1 Å². The summed E-state index contributed by atoms with van der Waals surface area (Å²) < 4.78 is 62.8. The third-order valence-corrected chi connectivity index (χ3v) is 26.5. The van der Waals surface area contributed by atoms with Crippen LogP contribution in [-0.4, -0.2) is 193 Å². The third kappa shape index (κ3) is 39.7. The summed E-state index contributed by atoms with van der Waals surface area (Å²) in [5, 5.41) is 25.9. The molecule has 0 aliphatic carbocycles. The number of hydrogen-bond acceptors (Lipinski definition) is 32. The molecule has 8 heterocycles. The first-order valence-electron chi connectivity index (χ1n) is 39.0. The molecule has 3 N–H and O–H groups in total. The largest absolute Gasteiger partial charge is 1.00 e. The number of unbranched alkanes of at least 4 members (excludes halogenated alkanes) is 1. The Labute approximate surface area is 824 Å². The van der Waals surface area contributed by atoms with Gasteiger partial charge in [0.1, 0.15) is 8.77 Å². The zero-order valence-corrected chi connectivity index (χ0v) is 86.7. The van der Waals surface area contributed by atoms with E-state index in [1.165, 1.54) is 25.5 Å². The van der Waals surface area contributed by atoms with Crippen molar-refractivity contribution in [2.24, 2.45) is 5.41 Å². The van der Waals surface area contributed by atoms with E-state index < -0.39 is 32.5 Å². The minimum Gasteiger partial charge on any atom is -0.870 e. The van der Waals surface area contributed by atoms with E-state index in [9.17, 15) is 37.8 Å². The third-order valence-electron chi connectivity index (χ3n) is 18.5. The maximum atomic E-state index is 14.1. The van der Waals surface area contributed by atoms with Crippen molar-refractivity contribution < 1.29 is 134 Å². The van der Waals surface area contributed by atoms with Crippen LogP contribution in [0, 0.1) is 23.7 Å². The van der Waals surface area contributed by atoms with Crippen LogP contribution < -0.4 is 103 Å². The minimum atomic E-state index is -2.33. The van der Waals surface area contributed by atoms with Gasteiger partial charge >= 0.3 is 60.4 Å². The number of methoxy groups -OCH3 is 4. The van der Waals surface area contributed by atoms with Gasteiger partial charge in [0, 0.05) is 193 Å². The van der Waals surface area contributed by atoms with E-state index >= 15 is 0 Å². The summed E-state index contributed by atoms with van der Waals surface area (Å²) in [6.45, 7) is 30.9. The number of nitrogens with one attached hydrogen (secondary N) is 1. The van der Waals surface area contributed by atoms with Crippen LogP contribution in [0.15, 0.2) is 70.5 Å². The predicted molar refractivity (Wildman–Crippen MR) is 528 cm³/mol. The number of fused-ring (bicyclic) bond motifs is 12. The van der Waals surface area contributed by atoms with Gasteiger partial charge in [-0.05, 0) is 129 Å². The molecule has 4 aromatic carbocycles. The number of carboxylic acids is 1.